The van der Waals surface area contributed by atoms with Gasteiger partial charge < -0.3 is 10.7 Å². The zero-order valence-electron chi connectivity index (χ0n) is 8.43. The van der Waals surface area contributed by atoms with Gasteiger partial charge in [0.2, 0.25) is 0 Å². The monoisotopic (exact) mass is 228 g/mol. The molecule has 2 nitrogen and oxygen atoms in total. The highest BCUT2D eigenvalue weighted by Crippen LogP contribution is 2.35. The summed E-state index contributed by atoms with van der Waals surface area (Å²) < 4.78 is 38.0. The highest BCUT2D eigenvalue weighted by atomic mass is 19.4. The zero-order valence-corrected chi connectivity index (χ0v) is 8.43. The minimum absolute atomic E-state index is 0.137. The average Bonchev–Trinajstić information content (AvgIpc) is 2.61. The Balaban J connectivity index is 2.62. The fourth-order valence-electron chi connectivity index (χ4n) is 1.81. The number of nitrogens with one attached hydrogen (secondary N) is 1. The summed E-state index contributed by atoms with van der Waals surface area (Å²) in [5, 5.41) is 0.597. The van der Waals surface area contributed by atoms with Crippen molar-refractivity contribution in [3.8, 4) is 0 Å². The largest absolute Gasteiger partial charge is 0.418 e. The van der Waals surface area contributed by atoms with Crippen molar-refractivity contribution >= 4 is 10.9 Å². The molecule has 2 rings (SSSR count). The van der Waals surface area contributed by atoms with E-state index in [0.29, 0.717) is 18.4 Å². The van der Waals surface area contributed by atoms with Crippen LogP contribution >= 0.6 is 0 Å². The second-order valence-corrected chi connectivity index (χ2v) is 3.58. The molecular formula is C11H11F3N2. The SMILES string of the molecule is NCCc1c[nH]c2c(C(F)(F)F)cccc12. The lowest BCUT2D eigenvalue weighted by Gasteiger charge is -2.07. The van der Waals surface area contributed by atoms with Gasteiger partial charge in [-0.15, -0.1) is 0 Å². The summed E-state index contributed by atoms with van der Waals surface area (Å²) in [6.07, 6.45) is -2.17. The summed E-state index contributed by atoms with van der Waals surface area (Å²) >= 11 is 0. The number of H-pyrrole nitrogens is 1. The number of hydrogen-bond acceptors (Lipinski definition) is 1. The number of halogens is 3. The van der Waals surface area contributed by atoms with Gasteiger partial charge in [-0.2, -0.15) is 13.2 Å². The molecule has 0 saturated carbocycles. The number of nitrogens with two attached hydrogens (primary N) is 1. The first-order valence-corrected chi connectivity index (χ1v) is 4.90. The summed E-state index contributed by atoms with van der Waals surface area (Å²) in [5.74, 6) is 0. The molecule has 5 heteroatoms. The van der Waals surface area contributed by atoms with Gasteiger partial charge in [-0.3, -0.25) is 0 Å². The summed E-state index contributed by atoms with van der Waals surface area (Å²) in [7, 11) is 0. The normalized spacial score (nSPS) is 12.2. The maximum Gasteiger partial charge on any atom is 0.418 e. The number of benzene rings is 1. The molecule has 0 spiro atoms. The second-order valence-electron chi connectivity index (χ2n) is 3.58. The van der Waals surface area contributed by atoms with Gasteiger partial charge in [-0.05, 0) is 24.6 Å². The number of alkyl halides is 3. The molecule has 0 atom stereocenters. The molecule has 0 fully saturated rings. The van der Waals surface area contributed by atoms with E-state index in [1.54, 1.807) is 12.3 Å². The molecule has 2 aromatic rings. The Hall–Kier alpha value is -1.49. The van der Waals surface area contributed by atoms with Crippen LogP contribution in [0.5, 0.6) is 0 Å². The zero-order chi connectivity index (χ0) is 11.8. The molecule has 0 aliphatic carbocycles. The Morgan fingerprint density at radius 3 is 2.62 bits per heavy atom. The minimum atomic E-state index is -4.33. The standard InChI is InChI=1S/C11H11F3N2/c12-11(13,14)9-3-1-2-8-7(4-5-15)6-16-10(8)9/h1-3,6,16H,4-5,15H2. The lowest BCUT2D eigenvalue weighted by Crippen LogP contribution is -2.05. The Kier molecular flexibility index (Phi) is 2.63. The van der Waals surface area contributed by atoms with Crippen LogP contribution in [0.25, 0.3) is 10.9 Å². The maximum atomic E-state index is 12.7. The van der Waals surface area contributed by atoms with Crippen LogP contribution in [0, 0.1) is 0 Å². The quantitative estimate of drug-likeness (QED) is 0.815. The van der Waals surface area contributed by atoms with E-state index in [9.17, 15) is 13.2 Å². The van der Waals surface area contributed by atoms with E-state index in [1.165, 1.54) is 6.07 Å². The molecule has 3 N–H and O–H groups in total. The van der Waals surface area contributed by atoms with E-state index in [4.69, 9.17) is 5.73 Å². The number of rotatable bonds is 2. The summed E-state index contributed by atoms with van der Waals surface area (Å²) in [6.45, 7) is 0.420. The first-order chi connectivity index (χ1) is 7.54. The fraction of sp³-hybridized carbons (Fsp3) is 0.273. The third kappa shape index (κ3) is 1.78. The Bertz CT molecular complexity index is 499. The first kappa shape index (κ1) is 11.0. The van der Waals surface area contributed by atoms with Crippen LogP contribution in [0.3, 0.4) is 0 Å². The van der Waals surface area contributed by atoms with Crippen LogP contribution in [0.4, 0.5) is 13.2 Å². The average molecular weight is 228 g/mol. The highest BCUT2D eigenvalue weighted by Gasteiger charge is 2.33. The van der Waals surface area contributed by atoms with Gasteiger partial charge in [0, 0.05) is 11.6 Å². The molecule has 86 valence electrons. The van der Waals surface area contributed by atoms with Gasteiger partial charge in [0.25, 0.3) is 0 Å². The molecule has 0 aliphatic rings. The van der Waals surface area contributed by atoms with Crippen LogP contribution in [0.15, 0.2) is 24.4 Å². The predicted molar refractivity (Wildman–Crippen MR) is 56.1 cm³/mol. The fourth-order valence-corrected chi connectivity index (χ4v) is 1.81. The smallest absolute Gasteiger partial charge is 0.360 e. The van der Waals surface area contributed by atoms with Crippen LogP contribution in [0.1, 0.15) is 11.1 Å². The van der Waals surface area contributed by atoms with E-state index in [0.717, 1.165) is 11.6 Å². The summed E-state index contributed by atoms with van der Waals surface area (Å²) in [4.78, 5) is 2.67. The predicted octanol–water partition coefficient (Wildman–Crippen LogP) is 2.69. The lowest BCUT2D eigenvalue weighted by molar-refractivity contribution is -0.136. The molecule has 1 aromatic heterocycles. The number of aromatic nitrogens is 1. The second kappa shape index (κ2) is 3.83. The van der Waals surface area contributed by atoms with Crippen molar-refractivity contribution in [1.29, 1.82) is 0 Å². The van der Waals surface area contributed by atoms with Crippen LogP contribution in [0.2, 0.25) is 0 Å². The van der Waals surface area contributed by atoms with Crippen molar-refractivity contribution in [3.05, 3.63) is 35.5 Å². The van der Waals surface area contributed by atoms with Gasteiger partial charge in [0.1, 0.15) is 0 Å². The summed E-state index contributed by atoms with van der Waals surface area (Å²) in [6, 6.07) is 4.16. The van der Waals surface area contributed by atoms with Gasteiger partial charge >= 0.3 is 6.18 Å². The number of fused-ring (bicyclic) bond motifs is 1. The van der Waals surface area contributed by atoms with Gasteiger partial charge in [-0.25, -0.2) is 0 Å². The molecular weight excluding hydrogens is 217 g/mol. The van der Waals surface area contributed by atoms with Crippen molar-refractivity contribution in [1.82, 2.24) is 4.98 Å². The Labute approximate surface area is 90.3 Å². The van der Waals surface area contributed by atoms with Crippen molar-refractivity contribution < 1.29 is 13.2 Å². The van der Waals surface area contributed by atoms with Gasteiger partial charge in [0.05, 0.1) is 11.1 Å². The van der Waals surface area contributed by atoms with Crippen LogP contribution in [-0.4, -0.2) is 11.5 Å². The van der Waals surface area contributed by atoms with Crippen molar-refractivity contribution in [3.63, 3.8) is 0 Å². The molecule has 16 heavy (non-hydrogen) atoms. The number of para-hydroxylation sites is 1. The van der Waals surface area contributed by atoms with E-state index in [-0.39, 0.29) is 5.52 Å². The summed E-state index contributed by atoms with van der Waals surface area (Å²) in [5.41, 5.74) is 5.73. The van der Waals surface area contributed by atoms with Crippen molar-refractivity contribution in [2.75, 3.05) is 6.54 Å². The van der Waals surface area contributed by atoms with E-state index < -0.39 is 11.7 Å². The van der Waals surface area contributed by atoms with Crippen molar-refractivity contribution in [2.45, 2.75) is 12.6 Å². The minimum Gasteiger partial charge on any atom is -0.360 e. The van der Waals surface area contributed by atoms with Crippen LogP contribution < -0.4 is 5.73 Å². The topological polar surface area (TPSA) is 41.8 Å². The van der Waals surface area contributed by atoms with Crippen LogP contribution in [-0.2, 0) is 12.6 Å². The third-order valence-electron chi connectivity index (χ3n) is 2.52. The first-order valence-electron chi connectivity index (χ1n) is 4.90. The maximum absolute atomic E-state index is 12.7. The molecule has 0 bridgehead atoms. The van der Waals surface area contributed by atoms with E-state index in [1.807, 2.05) is 0 Å². The molecule has 0 radical (unpaired) electrons. The molecule has 0 unspecified atom stereocenters. The molecule has 0 aliphatic heterocycles. The molecule has 1 aromatic carbocycles. The van der Waals surface area contributed by atoms with E-state index >= 15 is 0 Å². The van der Waals surface area contributed by atoms with Gasteiger partial charge in [0.15, 0.2) is 0 Å². The molecule has 1 heterocycles. The third-order valence-corrected chi connectivity index (χ3v) is 2.52. The Morgan fingerprint density at radius 1 is 1.25 bits per heavy atom. The van der Waals surface area contributed by atoms with Crippen molar-refractivity contribution in [2.24, 2.45) is 5.73 Å². The highest BCUT2D eigenvalue weighted by molar-refractivity contribution is 5.86. The molecule has 0 saturated heterocycles. The van der Waals surface area contributed by atoms with Gasteiger partial charge in [-0.1, -0.05) is 12.1 Å². The number of hydrogen-bond donors (Lipinski definition) is 2. The lowest BCUT2D eigenvalue weighted by atomic mass is 10.1. The number of aromatic amines is 1. The van der Waals surface area contributed by atoms with E-state index in [2.05, 4.69) is 4.98 Å². The molecule has 0 amide bonds. The Morgan fingerprint density at radius 2 is 2.00 bits per heavy atom.